The highest BCUT2D eigenvalue weighted by molar-refractivity contribution is 5.03. The Balaban J connectivity index is 3.83. The van der Waals surface area contributed by atoms with Crippen LogP contribution in [-0.4, -0.2) is 13.2 Å². The van der Waals surface area contributed by atoms with Crippen LogP contribution in [-0.2, 0) is 4.74 Å². The van der Waals surface area contributed by atoms with Crippen molar-refractivity contribution in [2.75, 3.05) is 13.2 Å². The van der Waals surface area contributed by atoms with Crippen LogP contribution in [0.25, 0.3) is 0 Å². The second kappa shape index (κ2) is 4.39. The summed E-state index contributed by atoms with van der Waals surface area (Å²) in [6.45, 7) is 7.17. The SMILES string of the molecule is CCOC(CN)=C(C)C. The summed E-state index contributed by atoms with van der Waals surface area (Å²) >= 11 is 0. The van der Waals surface area contributed by atoms with Crippen molar-refractivity contribution in [1.82, 2.24) is 0 Å². The number of nitrogens with two attached hydrogens (primary N) is 1. The van der Waals surface area contributed by atoms with Crippen LogP contribution in [0.4, 0.5) is 0 Å². The van der Waals surface area contributed by atoms with E-state index in [1.54, 1.807) is 0 Å². The highest BCUT2D eigenvalue weighted by Crippen LogP contribution is 2.01. The fraction of sp³-hybridized carbons (Fsp3) is 0.714. The van der Waals surface area contributed by atoms with Crippen LogP contribution in [0.1, 0.15) is 20.8 Å². The zero-order valence-electron chi connectivity index (χ0n) is 6.40. The van der Waals surface area contributed by atoms with E-state index in [1.165, 1.54) is 5.57 Å². The topological polar surface area (TPSA) is 35.2 Å². The van der Waals surface area contributed by atoms with Gasteiger partial charge in [-0.05, 0) is 26.3 Å². The Bertz CT molecular complexity index is 103. The largest absolute Gasteiger partial charge is 0.497 e. The number of ether oxygens (including phenoxy) is 1. The Morgan fingerprint density at radius 3 is 2.11 bits per heavy atom. The van der Waals surface area contributed by atoms with E-state index >= 15 is 0 Å². The van der Waals surface area contributed by atoms with Crippen molar-refractivity contribution >= 4 is 0 Å². The Morgan fingerprint density at radius 2 is 2.00 bits per heavy atom. The van der Waals surface area contributed by atoms with E-state index < -0.39 is 0 Å². The van der Waals surface area contributed by atoms with Crippen molar-refractivity contribution in [2.24, 2.45) is 5.73 Å². The van der Waals surface area contributed by atoms with Crippen molar-refractivity contribution < 1.29 is 4.74 Å². The molecule has 0 atom stereocenters. The first kappa shape index (κ1) is 8.50. The number of hydrogen-bond acceptors (Lipinski definition) is 2. The molecule has 0 aromatic heterocycles. The van der Waals surface area contributed by atoms with Gasteiger partial charge in [-0.15, -0.1) is 0 Å². The summed E-state index contributed by atoms with van der Waals surface area (Å²) in [6.07, 6.45) is 0. The minimum atomic E-state index is 0.510. The second-order valence-corrected chi connectivity index (χ2v) is 2.06. The maximum absolute atomic E-state index is 5.38. The number of allylic oxidation sites excluding steroid dienone is 1. The van der Waals surface area contributed by atoms with Crippen LogP contribution in [0.3, 0.4) is 0 Å². The molecule has 2 N–H and O–H groups in total. The summed E-state index contributed by atoms with van der Waals surface area (Å²) in [4.78, 5) is 0. The zero-order chi connectivity index (χ0) is 7.28. The molecule has 0 radical (unpaired) electrons. The van der Waals surface area contributed by atoms with Crippen LogP contribution < -0.4 is 5.73 Å². The maximum Gasteiger partial charge on any atom is 0.108 e. The molecule has 0 aliphatic carbocycles. The van der Waals surface area contributed by atoms with Crippen molar-refractivity contribution in [3.63, 3.8) is 0 Å². The first-order chi connectivity index (χ1) is 4.22. The van der Waals surface area contributed by atoms with Crippen molar-refractivity contribution in [3.05, 3.63) is 11.3 Å². The molecule has 2 heteroatoms. The quantitative estimate of drug-likeness (QED) is 0.582. The monoisotopic (exact) mass is 129 g/mol. The fourth-order valence-corrected chi connectivity index (χ4v) is 0.582. The first-order valence-electron chi connectivity index (χ1n) is 3.21. The van der Waals surface area contributed by atoms with Gasteiger partial charge in [0, 0.05) is 0 Å². The molecule has 0 aliphatic heterocycles. The molecule has 0 rings (SSSR count). The van der Waals surface area contributed by atoms with Crippen LogP contribution in [0.2, 0.25) is 0 Å². The van der Waals surface area contributed by atoms with Gasteiger partial charge in [-0.2, -0.15) is 0 Å². The number of hydrogen-bond donors (Lipinski definition) is 1. The van der Waals surface area contributed by atoms with E-state index in [-0.39, 0.29) is 0 Å². The summed E-state index contributed by atoms with van der Waals surface area (Å²) < 4.78 is 5.21. The molecule has 0 aromatic rings. The molecule has 0 spiro atoms. The number of rotatable bonds is 3. The van der Waals surface area contributed by atoms with Crippen molar-refractivity contribution in [3.8, 4) is 0 Å². The predicted octanol–water partition coefficient (Wildman–Crippen LogP) is 1.28. The lowest BCUT2D eigenvalue weighted by Gasteiger charge is -2.06. The van der Waals surface area contributed by atoms with Gasteiger partial charge in [-0.25, -0.2) is 0 Å². The van der Waals surface area contributed by atoms with Gasteiger partial charge in [-0.1, -0.05) is 0 Å². The molecule has 9 heavy (non-hydrogen) atoms. The Morgan fingerprint density at radius 1 is 1.44 bits per heavy atom. The maximum atomic E-state index is 5.38. The van der Waals surface area contributed by atoms with E-state index in [9.17, 15) is 0 Å². The molecule has 0 saturated carbocycles. The first-order valence-corrected chi connectivity index (χ1v) is 3.21. The summed E-state index contributed by atoms with van der Waals surface area (Å²) in [7, 11) is 0. The Labute approximate surface area is 56.7 Å². The third-order valence-corrected chi connectivity index (χ3v) is 1.06. The van der Waals surface area contributed by atoms with Crippen LogP contribution in [0.5, 0.6) is 0 Å². The lowest BCUT2D eigenvalue weighted by Crippen LogP contribution is -2.07. The lowest BCUT2D eigenvalue weighted by molar-refractivity contribution is 0.222. The van der Waals surface area contributed by atoms with Gasteiger partial charge in [0.25, 0.3) is 0 Å². The predicted molar refractivity (Wildman–Crippen MR) is 39.1 cm³/mol. The highest BCUT2D eigenvalue weighted by Gasteiger charge is 1.93. The van der Waals surface area contributed by atoms with Crippen LogP contribution >= 0.6 is 0 Å². The molecular formula is C7H15NO. The highest BCUT2D eigenvalue weighted by atomic mass is 16.5. The molecule has 0 bridgehead atoms. The van der Waals surface area contributed by atoms with E-state index in [0.29, 0.717) is 13.2 Å². The summed E-state index contributed by atoms with van der Waals surface area (Å²) in [5.74, 6) is 0.914. The lowest BCUT2D eigenvalue weighted by atomic mass is 10.3. The molecule has 0 fully saturated rings. The van der Waals surface area contributed by atoms with Gasteiger partial charge in [0.1, 0.15) is 5.76 Å². The van der Waals surface area contributed by atoms with E-state index in [0.717, 1.165) is 5.76 Å². The minimum absolute atomic E-state index is 0.510. The molecule has 0 aliphatic rings. The minimum Gasteiger partial charge on any atom is -0.497 e. The molecule has 2 nitrogen and oxygen atoms in total. The Hall–Kier alpha value is -0.500. The normalized spacial score (nSPS) is 8.89. The van der Waals surface area contributed by atoms with Gasteiger partial charge in [-0.3, -0.25) is 0 Å². The standard InChI is InChI=1S/C7H15NO/c1-4-9-7(5-8)6(2)3/h4-5,8H2,1-3H3. The van der Waals surface area contributed by atoms with Gasteiger partial charge >= 0.3 is 0 Å². The van der Waals surface area contributed by atoms with Crippen LogP contribution in [0.15, 0.2) is 11.3 Å². The molecule has 0 unspecified atom stereocenters. The molecule has 54 valence electrons. The summed E-state index contributed by atoms with van der Waals surface area (Å²) in [5, 5.41) is 0. The molecule has 0 saturated heterocycles. The molecule has 0 aromatic carbocycles. The van der Waals surface area contributed by atoms with Crippen molar-refractivity contribution in [2.45, 2.75) is 20.8 Å². The van der Waals surface area contributed by atoms with E-state index in [2.05, 4.69) is 0 Å². The van der Waals surface area contributed by atoms with E-state index in [1.807, 2.05) is 20.8 Å². The molecule has 0 heterocycles. The Kier molecular flexibility index (Phi) is 4.14. The van der Waals surface area contributed by atoms with Crippen molar-refractivity contribution in [1.29, 1.82) is 0 Å². The van der Waals surface area contributed by atoms with Crippen LogP contribution in [0, 0.1) is 0 Å². The smallest absolute Gasteiger partial charge is 0.108 e. The molecular weight excluding hydrogens is 114 g/mol. The van der Waals surface area contributed by atoms with Gasteiger partial charge in [0.2, 0.25) is 0 Å². The zero-order valence-corrected chi connectivity index (χ0v) is 6.40. The third kappa shape index (κ3) is 3.14. The van der Waals surface area contributed by atoms with Gasteiger partial charge < -0.3 is 10.5 Å². The summed E-state index contributed by atoms with van der Waals surface area (Å²) in [6, 6.07) is 0. The second-order valence-electron chi connectivity index (χ2n) is 2.06. The fourth-order valence-electron chi connectivity index (χ4n) is 0.582. The summed E-state index contributed by atoms with van der Waals surface area (Å²) in [5.41, 5.74) is 6.54. The van der Waals surface area contributed by atoms with E-state index in [4.69, 9.17) is 10.5 Å². The third-order valence-electron chi connectivity index (χ3n) is 1.06. The van der Waals surface area contributed by atoms with Gasteiger partial charge in [0.15, 0.2) is 0 Å². The average molecular weight is 129 g/mol. The average Bonchev–Trinajstić information content (AvgIpc) is 1.82. The van der Waals surface area contributed by atoms with Gasteiger partial charge in [0.05, 0.1) is 13.2 Å². The molecule has 0 amide bonds.